The molecule has 0 N–H and O–H groups in total. The van der Waals surface area contributed by atoms with E-state index in [0.717, 1.165) is 11.4 Å². The van der Waals surface area contributed by atoms with Crippen molar-refractivity contribution in [3.63, 3.8) is 0 Å². The third-order valence-electron chi connectivity index (χ3n) is 2.16. The Morgan fingerprint density at radius 3 is 1.74 bits per heavy atom. The molecule has 3 rings (SSSR count). The lowest BCUT2D eigenvalue weighted by Gasteiger charge is -1.85. The second kappa shape index (κ2) is 6.10. The average Bonchev–Trinajstić information content (AvgIpc) is 3.13. The molecule has 2 aliphatic rings. The van der Waals surface area contributed by atoms with Crippen molar-refractivity contribution in [1.82, 2.24) is 0 Å². The first-order chi connectivity index (χ1) is 9.27. The molecule has 0 unspecified atom stereocenters. The van der Waals surface area contributed by atoms with Crippen LogP contribution in [0.4, 0.5) is 5.69 Å². The number of non-ortho nitro benzene ring substituents is 1. The first-order valence-corrected chi connectivity index (χ1v) is 5.36. The van der Waals surface area contributed by atoms with Crippen LogP contribution in [0.3, 0.4) is 0 Å². The molecule has 0 atom stereocenters. The predicted molar refractivity (Wildman–Crippen MR) is 68.1 cm³/mol. The maximum absolute atomic E-state index is 10.0. The molecule has 0 radical (unpaired) electrons. The first kappa shape index (κ1) is 12.5. The van der Waals surface area contributed by atoms with Gasteiger partial charge in [0.25, 0.3) is 5.69 Å². The average molecular weight is 255 g/mol. The van der Waals surface area contributed by atoms with Crippen LogP contribution in [0, 0.1) is 10.1 Å². The monoisotopic (exact) mass is 255 g/mol. The quantitative estimate of drug-likeness (QED) is 0.564. The number of allylic oxidation sites excluding steroid dienone is 2. The second-order valence-electron chi connectivity index (χ2n) is 3.43. The third-order valence-corrected chi connectivity index (χ3v) is 2.16. The Labute approximate surface area is 108 Å². The van der Waals surface area contributed by atoms with E-state index in [1.807, 2.05) is 0 Å². The molecule has 2 heterocycles. The van der Waals surface area contributed by atoms with Crippen molar-refractivity contribution in [2.75, 3.05) is 0 Å². The zero-order valence-corrected chi connectivity index (χ0v) is 9.75. The van der Waals surface area contributed by atoms with Crippen molar-refractivity contribution in [3.8, 4) is 0 Å². The summed E-state index contributed by atoms with van der Waals surface area (Å²) in [5, 5.41) is 24.9. The summed E-state index contributed by atoms with van der Waals surface area (Å²) in [6, 6.07) is 7.93. The fourth-order valence-electron chi connectivity index (χ4n) is 1.29. The summed E-state index contributed by atoms with van der Waals surface area (Å²) in [5.41, 5.74) is 1.69. The highest BCUT2D eigenvalue weighted by atomic mass is 16.6. The van der Waals surface area contributed by atoms with E-state index in [2.05, 4.69) is 20.5 Å². The van der Waals surface area contributed by atoms with E-state index in [0.29, 0.717) is 0 Å². The molecule has 1 aromatic carbocycles. The van der Waals surface area contributed by atoms with Gasteiger partial charge >= 0.3 is 0 Å². The number of benzene rings is 1. The molecule has 7 heteroatoms. The molecule has 2 aliphatic heterocycles. The summed E-state index contributed by atoms with van der Waals surface area (Å²) in [6.45, 7) is 0. The number of azo groups is 2. The van der Waals surface area contributed by atoms with Gasteiger partial charge in [0.1, 0.15) is 11.4 Å². The maximum Gasteiger partial charge on any atom is 0.269 e. The van der Waals surface area contributed by atoms with Crippen LogP contribution in [0.1, 0.15) is 0 Å². The Morgan fingerprint density at radius 1 is 0.895 bits per heavy atom. The molecule has 0 aromatic heterocycles. The van der Waals surface area contributed by atoms with Crippen molar-refractivity contribution < 1.29 is 4.92 Å². The van der Waals surface area contributed by atoms with Crippen molar-refractivity contribution in [2.24, 2.45) is 20.5 Å². The highest BCUT2D eigenvalue weighted by molar-refractivity contribution is 5.34. The zero-order valence-electron chi connectivity index (χ0n) is 9.75. The molecule has 0 spiro atoms. The van der Waals surface area contributed by atoms with Gasteiger partial charge in [-0.25, -0.2) is 0 Å². The Hall–Kier alpha value is -2.96. The Morgan fingerprint density at radius 2 is 1.42 bits per heavy atom. The van der Waals surface area contributed by atoms with Gasteiger partial charge in [-0.05, 0) is 12.2 Å². The zero-order chi connectivity index (χ0) is 13.5. The van der Waals surface area contributed by atoms with Crippen LogP contribution in [-0.2, 0) is 0 Å². The van der Waals surface area contributed by atoms with Gasteiger partial charge in [-0.15, -0.1) is 10.2 Å². The first-order valence-electron chi connectivity index (χ1n) is 5.36. The van der Waals surface area contributed by atoms with Crippen LogP contribution in [0.15, 0.2) is 86.7 Å². The minimum absolute atomic E-state index is 0.137. The maximum atomic E-state index is 10.0. The molecule has 0 fully saturated rings. The minimum Gasteiger partial charge on any atom is -0.258 e. The lowest BCUT2D eigenvalue weighted by molar-refractivity contribution is -0.384. The van der Waals surface area contributed by atoms with E-state index in [9.17, 15) is 10.1 Å². The number of rotatable bonds is 1. The van der Waals surface area contributed by atoms with Crippen LogP contribution in [0.5, 0.6) is 0 Å². The molecule has 0 aliphatic carbocycles. The van der Waals surface area contributed by atoms with Crippen LogP contribution < -0.4 is 0 Å². The third kappa shape index (κ3) is 3.50. The van der Waals surface area contributed by atoms with Crippen LogP contribution in [0.2, 0.25) is 0 Å². The fraction of sp³-hybridized carbons (Fsp3) is 0. The Balaban J connectivity index is 0.000000141. The molecule has 0 bridgehead atoms. The van der Waals surface area contributed by atoms with Gasteiger partial charge in [-0.3, -0.25) is 10.1 Å². The summed E-state index contributed by atoms with van der Waals surface area (Å²) < 4.78 is 0. The van der Waals surface area contributed by atoms with Crippen LogP contribution >= 0.6 is 0 Å². The van der Waals surface area contributed by atoms with E-state index in [1.54, 1.807) is 42.8 Å². The lowest BCUT2D eigenvalue weighted by Crippen LogP contribution is -1.84. The highest BCUT2D eigenvalue weighted by Gasteiger charge is 2.04. The number of nitro benzene ring substituents is 1. The molecule has 0 saturated heterocycles. The molecule has 94 valence electrons. The second-order valence-corrected chi connectivity index (χ2v) is 3.43. The molecular formula is C12H9N5O2. The lowest BCUT2D eigenvalue weighted by atomic mass is 10.3. The summed E-state index contributed by atoms with van der Waals surface area (Å²) in [6.07, 6.45) is 6.85. The Bertz CT molecular complexity index is 556. The van der Waals surface area contributed by atoms with E-state index >= 15 is 0 Å². The van der Waals surface area contributed by atoms with Crippen LogP contribution in [-0.4, -0.2) is 4.92 Å². The summed E-state index contributed by atoms with van der Waals surface area (Å²) in [5.74, 6) is 0. The highest BCUT2D eigenvalue weighted by Crippen LogP contribution is 2.19. The van der Waals surface area contributed by atoms with E-state index in [4.69, 9.17) is 0 Å². The molecule has 0 amide bonds. The largest absolute Gasteiger partial charge is 0.269 e. The molecule has 0 saturated carbocycles. The molecule has 1 aromatic rings. The number of nitrogens with zero attached hydrogens (tertiary/aromatic N) is 5. The van der Waals surface area contributed by atoms with Crippen molar-refractivity contribution in [2.45, 2.75) is 0 Å². The topological polar surface area (TPSA) is 92.6 Å². The van der Waals surface area contributed by atoms with Gasteiger partial charge < -0.3 is 0 Å². The van der Waals surface area contributed by atoms with Gasteiger partial charge in [-0.2, -0.15) is 10.2 Å². The van der Waals surface area contributed by atoms with Crippen LogP contribution in [0.25, 0.3) is 0 Å². The molecule has 7 nitrogen and oxygen atoms in total. The van der Waals surface area contributed by atoms with Gasteiger partial charge in [0, 0.05) is 12.1 Å². The minimum atomic E-state index is -0.417. The van der Waals surface area contributed by atoms with E-state index in [-0.39, 0.29) is 5.69 Å². The van der Waals surface area contributed by atoms with Crippen molar-refractivity contribution >= 4 is 5.69 Å². The fourth-order valence-corrected chi connectivity index (χ4v) is 1.29. The summed E-state index contributed by atoms with van der Waals surface area (Å²) in [7, 11) is 0. The Kier molecular flexibility index (Phi) is 4.01. The smallest absolute Gasteiger partial charge is 0.258 e. The predicted octanol–water partition coefficient (Wildman–Crippen LogP) is 3.75. The van der Waals surface area contributed by atoms with E-state index in [1.165, 1.54) is 12.1 Å². The SMILES string of the molecule is C1=CC(=C2C=CN=N2)N=N1.O=[N+]([O-])c1ccccc1. The normalized spacial score (nSPS) is 18.5. The van der Waals surface area contributed by atoms with Gasteiger partial charge in [-0.1, -0.05) is 18.2 Å². The summed E-state index contributed by atoms with van der Waals surface area (Å²) >= 11 is 0. The molecule has 19 heavy (non-hydrogen) atoms. The number of hydrogen-bond acceptors (Lipinski definition) is 6. The van der Waals surface area contributed by atoms with E-state index < -0.39 is 4.92 Å². The number of para-hydroxylation sites is 1. The van der Waals surface area contributed by atoms with Gasteiger partial charge in [0.15, 0.2) is 0 Å². The number of hydrogen-bond donors (Lipinski definition) is 0. The van der Waals surface area contributed by atoms with Crippen molar-refractivity contribution in [1.29, 1.82) is 0 Å². The van der Waals surface area contributed by atoms with Crippen molar-refractivity contribution in [3.05, 3.63) is 76.4 Å². The molecular weight excluding hydrogens is 246 g/mol. The summed E-state index contributed by atoms with van der Waals surface area (Å²) in [4.78, 5) is 9.59. The number of nitro groups is 1. The standard InChI is InChI=1S/C6H4N4.C6H5NO2/c1-3-7-9-5(1)6-2-4-8-10-6;8-7(9)6-4-2-1-3-5-6/h1-4H;1-5H. The van der Waals surface area contributed by atoms with Gasteiger partial charge in [0.05, 0.1) is 17.3 Å². The van der Waals surface area contributed by atoms with Gasteiger partial charge in [0.2, 0.25) is 0 Å².